The summed E-state index contributed by atoms with van der Waals surface area (Å²) in [5, 5.41) is 3.83. The SMILES string of the molecule is Cc1cc(C)c(Nc2cnc(C(=O)N3CCCC(C)C3)cn2)c(Cl)c1. The van der Waals surface area contributed by atoms with Gasteiger partial charge in [0.25, 0.3) is 5.91 Å². The number of benzene rings is 1. The second kappa shape index (κ2) is 7.40. The Balaban J connectivity index is 1.73. The second-order valence-corrected chi connectivity index (χ2v) is 7.26. The first-order valence-electron chi connectivity index (χ1n) is 8.59. The van der Waals surface area contributed by atoms with Crippen molar-refractivity contribution in [2.75, 3.05) is 18.4 Å². The van der Waals surface area contributed by atoms with Crippen LogP contribution in [-0.2, 0) is 0 Å². The molecular formula is C19H23ClN4O. The lowest BCUT2D eigenvalue weighted by molar-refractivity contribution is 0.0676. The van der Waals surface area contributed by atoms with Gasteiger partial charge in [0.15, 0.2) is 0 Å². The molecule has 2 heterocycles. The van der Waals surface area contributed by atoms with Gasteiger partial charge >= 0.3 is 0 Å². The molecule has 0 bridgehead atoms. The maximum absolute atomic E-state index is 12.5. The number of nitrogens with zero attached hydrogens (tertiary/aromatic N) is 3. The number of likely N-dealkylation sites (tertiary alicyclic amines) is 1. The molecule has 132 valence electrons. The quantitative estimate of drug-likeness (QED) is 0.885. The summed E-state index contributed by atoms with van der Waals surface area (Å²) in [5.74, 6) is 1.06. The molecule has 5 nitrogen and oxygen atoms in total. The van der Waals surface area contributed by atoms with Gasteiger partial charge in [-0.3, -0.25) is 4.79 Å². The molecule has 1 atom stereocenters. The number of hydrogen-bond donors (Lipinski definition) is 1. The molecule has 2 aromatic rings. The summed E-state index contributed by atoms with van der Waals surface area (Å²) in [6.45, 7) is 7.75. The second-order valence-electron chi connectivity index (χ2n) is 6.85. The third kappa shape index (κ3) is 4.10. The number of halogens is 1. The molecule has 1 fully saturated rings. The number of amides is 1. The van der Waals surface area contributed by atoms with Crippen molar-refractivity contribution in [1.82, 2.24) is 14.9 Å². The molecule has 1 aromatic heterocycles. The van der Waals surface area contributed by atoms with Crippen molar-refractivity contribution in [2.45, 2.75) is 33.6 Å². The molecule has 1 aliphatic rings. The van der Waals surface area contributed by atoms with Crippen molar-refractivity contribution in [2.24, 2.45) is 5.92 Å². The number of anilines is 2. The summed E-state index contributed by atoms with van der Waals surface area (Å²) in [7, 11) is 0. The smallest absolute Gasteiger partial charge is 0.274 e. The third-order valence-electron chi connectivity index (χ3n) is 4.50. The first kappa shape index (κ1) is 17.7. The van der Waals surface area contributed by atoms with Crippen molar-refractivity contribution < 1.29 is 4.79 Å². The minimum atomic E-state index is -0.0462. The van der Waals surface area contributed by atoms with E-state index in [1.54, 1.807) is 6.20 Å². The van der Waals surface area contributed by atoms with Gasteiger partial charge in [0, 0.05) is 13.1 Å². The highest BCUT2D eigenvalue weighted by atomic mass is 35.5. The van der Waals surface area contributed by atoms with Crippen LogP contribution in [0.4, 0.5) is 11.5 Å². The van der Waals surface area contributed by atoms with E-state index in [2.05, 4.69) is 28.3 Å². The molecular weight excluding hydrogens is 336 g/mol. The van der Waals surface area contributed by atoms with Crippen LogP contribution in [0.1, 0.15) is 41.4 Å². The molecule has 1 N–H and O–H groups in total. The van der Waals surface area contributed by atoms with E-state index < -0.39 is 0 Å². The van der Waals surface area contributed by atoms with Crippen LogP contribution in [0.5, 0.6) is 0 Å². The van der Waals surface area contributed by atoms with Gasteiger partial charge in [0.05, 0.1) is 23.1 Å². The Morgan fingerprint density at radius 3 is 2.72 bits per heavy atom. The molecule has 1 aliphatic heterocycles. The number of hydrogen-bond acceptors (Lipinski definition) is 4. The van der Waals surface area contributed by atoms with Crippen LogP contribution in [0.3, 0.4) is 0 Å². The van der Waals surface area contributed by atoms with Crippen LogP contribution in [-0.4, -0.2) is 33.9 Å². The highest BCUT2D eigenvalue weighted by molar-refractivity contribution is 6.33. The predicted molar refractivity (Wildman–Crippen MR) is 101 cm³/mol. The minimum Gasteiger partial charge on any atom is -0.338 e. The fraction of sp³-hybridized carbons (Fsp3) is 0.421. The number of aryl methyl sites for hydroxylation is 2. The summed E-state index contributed by atoms with van der Waals surface area (Å²) in [6.07, 6.45) is 5.33. The van der Waals surface area contributed by atoms with Gasteiger partial charge in [-0.2, -0.15) is 0 Å². The number of carbonyl (C=O) groups excluding carboxylic acids is 1. The third-order valence-corrected chi connectivity index (χ3v) is 4.80. The van der Waals surface area contributed by atoms with Crippen molar-refractivity contribution in [3.05, 3.63) is 46.4 Å². The highest BCUT2D eigenvalue weighted by Gasteiger charge is 2.23. The molecule has 0 radical (unpaired) electrons. The molecule has 1 unspecified atom stereocenters. The first-order valence-corrected chi connectivity index (χ1v) is 8.97. The Kier molecular flexibility index (Phi) is 5.23. The molecule has 1 aromatic carbocycles. The average Bonchev–Trinajstić information content (AvgIpc) is 2.58. The standard InChI is InChI=1S/C19H23ClN4O/c1-12-5-4-6-24(11-12)19(25)16-9-22-17(10-21-16)23-18-14(3)7-13(2)8-15(18)20/h7-10,12H,4-6,11H2,1-3H3,(H,22,23). The van der Waals surface area contributed by atoms with E-state index in [1.807, 2.05) is 24.8 Å². The largest absolute Gasteiger partial charge is 0.338 e. The summed E-state index contributed by atoms with van der Waals surface area (Å²) < 4.78 is 0. The maximum Gasteiger partial charge on any atom is 0.274 e. The van der Waals surface area contributed by atoms with Gasteiger partial charge in [-0.25, -0.2) is 9.97 Å². The number of nitrogens with one attached hydrogen (secondary N) is 1. The van der Waals surface area contributed by atoms with E-state index in [0.717, 1.165) is 36.3 Å². The zero-order valence-electron chi connectivity index (χ0n) is 14.8. The van der Waals surface area contributed by atoms with Crippen LogP contribution >= 0.6 is 11.6 Å². The zero-order valence-corrected chi connectivity index (χ0v) is 15.6. The van der Waals surface area contributed by atoms with Gasteiger partial charge in [-0.1, -0.05) is 24.6 Å². The van der Waals surface area contributed by atoms with E-state index >= 15 is 0 Å². The van der Waals surface area contributed by atoms with Crippen LogP contribution in [0, 0.1) is 19.8 Å². The summed E-state index contributed by atoms with van der Waals surface area (Å²) in [4.78, 5) is 23.0. The first-order chi connectivity index (χ1) is 11.9. The van der Waals surface area contributed by atoms with Crippen LogP contribution in [0.15, 0.2) is 24.5 Å². The molecule has 0 spiro atoms. The number of carbonyl (C=O) groups is 1. The van der Waals surface area contributed by atoms with Crippen molar-refractivity contribution in [1.29, 1.82) is 0 Å². The Hall–Kier alpha value is -2.14. The normalized spacial score (nSPS) is 17.4. The van der Waals surface area contributed by atoms with E-state index in [-0.39, 0.29) is 5.91 Å². The lowest BCUT2D eigenvalue weighted by Crippen LogP contribution is -2.39. The van der Waals surface area contributed by atoms with Gasteiger partial charge < -0.3 is 10.2 Å². The number of aromatic nitrogens is 2. The Morgan fingerprint density at radius 1 is 1.28 bits per heavy atom. The summed E-state index contributed by atoms with van der Waals surface area (Å²) in [6, 6.07) is 3.96. The fourth-order valence-corrected chi connectivity index (χ4v) is 3.61. The fourth-order valence-electron chi connectivity index (χ4n) is 3.24. The van der Waals surface area contributed by atoms with Crippen LogP contribution < -0.4 is 5.32 Å². The van der Waals surface area contributed by atoms with Gasteiger partial charge in [0.2, 0.25) is 0 Å². The predicted octanol–water partition coefficient (Wildman–Crippen LogP) is 4.36. The minimum absolute atomic E-state index is 0.0462. The van der Waals surface area contributed by atoms with Crippen molar-refractivity contribution in [3.8, 4) is 0 Å². The number of piperidine rings is 1. The summed E-state index contributed by atoms with van der Waals surface area (Å²) >= 11 is 6.31. The molecule has 0 saturated carbocycles. The molecule has 25 heavy (non-hydrogen) atoms. The molecule has 0 aliphatic carbocycles. The average molecular weight is 359 g/mol. The van der Waals surface area contributed by atoms with E-state index in [4.69, 9.17) is 11.6 Å². The van der Waals surface area contributed by atoms with Gasteiger partial charge in [-0.05, 0) is 49.8 Å². The molecule has 6 heteroatoms. The van der Waals surface area contributed by atoms with E-state index in [0.29, 0.717) is 22.5 Å². The topological polar surface area (TPSA) is 58.1 Å². The lowest BCUT2D eigenvalue weighted by Gasteiger charge is -2.30. The monoisotopic (exact) mass is 358 g/mol. The Bertz CT molecular complexity index is 752. The molecule has 1 amide bonds. The molecule has 1 saturated heterocycles. The van der Waals surface area contributed by atoms with E-state index in [1.165, 1.54) is 12.6 Å². The number of rotatable bonds is 3. The highest BCUT2D eigenvalue weighted by Crippen LogP contribution is 2.29. The van der Waals surface area contributed by atoms with Gasteiger partial charge in [-0.15, -0.1) is 0 Å². The van der Waals surface area contributed by atoms with Crippen molar-refractivity contribution in [3.63, 3.8) is 0 Å². The van der Waals surface area contributed by atoms with Gasteiger partial charge in [0.1, 0.15) is 11.5 Å². The van der Waals surface area contributed by atoms with Crippen LogP contribution in [0.25, 0.3) is 0 Å². The summed E-state index contributed by atoms with van der Waals surface area (Å²) in [5.41, 5.74) is 3.34. The molecule has 3 rings (SSSR count). The lowest BCUT2D eigenvalue weighted by atomic mass is 10.0. The van der Waals surface area contributed by atoms with Crippen molar-refractivity contribution >= 4 is 29.0 Å². The Morgan fingerprint density at radius 2 is 2.08 bits per heavy atom. The zero-order chi connectivity index (χ0) is 18.0. The van der Waals surface area contributed by atoms with Crippen LogP contribution in [0.2, 0.25) is 5.02 Å². The maximum atomic E-state index is 12.5. The Labute approximate surface area is 153 Å². The van der Waals surface area contributed by atoms with E-state index in [9.17, 15) is 4.79 Å².